The number of para-hydroxylation sites is 1. The predicted octanol–water partition coefficient (Wildman–Crippen LogP) is 4.37. The molecule has 1 amide bonds. The average molecular weight is 490 g/mol. The van der Waals surface area contributed by atoms with Gasteiger partial charge in [0.05, 0.1) is 17.4 Å². The van der Waals surface area contributed by atoms with Gasteiger partial charge < -0.3 is 10.1 Å². The molecule has 180 valence electrons. The lowest BCUT2D eigenvalue weighted by Crippen LogP contribution is -2.41. The molecule has 1 N–H and O–H groups in total. The summed E-state index contributed by atoms with van der Waals surface area (Å²) in [6.07, 6.45) is 1.28. The summed E-state index contributed by atoms with van der Waals surface area (Å²) >= 11 is 0. The van der Waals surface area contributed by atoms with Crippen molar-refractivity contribution in [3.63, 3.8) is 0 Å². The van der Waals surface area contributed by atoms with Crippen LogP contribution in [0.3, 0.4) is 0 Å². The summed E-state index contributed by atoms with van der Waals surface area (Å²) in [5, 5.41) is 11.8. The van der Waals surface area contributed by atoms with E-state index in [4.69, 9.17) is 10.00 Å². The van der Waals surface area contributed by atoms with Gasteiger partial charge in [0.15, 0.2) is 0 Å². The molecule has 0 bridgehead atoms. The van der Waals surface area contributed by atoms with E-state index in [0.717, 1.165) is 11.1 Å². The van der Waals surface area contributed by atoms with Gasteiger partial charge in [-0.1, -0.05) is 48.5 Å². The molecule has 8 heteroatoms. The van der Waals surface area contributed by atoms with Crippen molar-refractivity contribution < 1.29 is 17.9 Å². The van der Waals surface area contributed by atoms with Gasteiger partial charge >= 0.3 is 0 Å². The monoisotopic (exact) mass is 489 g/mol. The molecule has 1 fully saturated rings. The van der Waals surface area contributed by atoms with Gasteiger partial charge in [-0.3, -0.25) is 4.79 Å². The Hall–Kier alpha value is -3.67. The van der Waals surface area contributed by atoms with Crippen molar-refractivity contribution in [1.82, 2.24) is 4.31 Å². The van der Waals surface area contributed by atoms with E-state index in [1.807, 2.05) is 48.5 Å². The molecule has 0 radical (unpaired) electrons. The zero-order valence-electron chi connectivity index (χ0n) is 19.3. The van der Waals surface area contributed by atoms with Crippen molar-refractivity contribution in [3.05, 3.63) is 90.0 Å². The minimum atomic E-state index is -3.55. The molecule has 4 rings (SSSR count). The van der Waals surface area contributed by atoms with Crippen LogP contribution < -0.4 is 10.1 Å². The molecule has 3 aromatic rings. The lowest BCUT2D eigenvalue weighted by molar-refractivity contribution is -0.120. The summed E-state index contributed by atoms with van der Waals surface area (Å²) in [7, 11) is -3.55. The Labute approximate surface area is 206 Å². The van der Waals surface area contributed by atoms with E-state index in [1.165, 1.54) is 4.31 Å². The van der Waals surface area contributed by atoms with Gasteiger partial charge in [-0.15, -0.1) is 0 Å². The first-order valence-electron chi connectivity index (χ1n) is 11.5. The summed E-state index contributed by atoms with van der Waals surface area (Å²) < 4.78 is 33.0. The van der Waals surface area contributed by atoms with Crippen molar-refractivity contribution in [2.45, 2.75) is 30.8 Å². The van der Waals surface area contributed by atoms with E-state index >= 15 is 0 Å². The third-order valence-electron chi connectivity index (χ3n) is 6.08. The summed E-state index contributed by atoms with van der Waals surface area (Å²) in [6.45, 7) is 0.894. The molecule has 0 spiro atoms. The summed E-state index contributed by atoms with van der Waals surface area (Å²) in [4.78, 5) is 13.2. The fourth-order valence-corrected chi connectivity index (χ4v) is 5.55. The van der Waals surface area contributed by atoms with Crippen LogP contribution in [-0.4, -0.2) is 31.7 Å². The number of piperidine rings is 1. The first kappa shape index (κ1) is 24.5. The topological polar surface area (TPSA) is 99.5 Å². The molecule has 0 aliphatic carbocycles. The predicted molar refractivity (Wildman–Crippen MR) is 133 cm³/mol. The number of sulfonamides is 1. The van der Waals surface area contributed by atoms with E-state index in [0.29, 0.717) is 43.8 Å². The van der Waals surface area contributed by atoms with Crippen LogP contribution in [0.1, 0.15) is 24.0 Å². The molecule has 35 heavy (non-hydrogen) atoms. The second kappa shape index (κ2) is 11.2. The van der Waals surface area contributed by atoms with Crippen molar-refractivity contribution >= 4 is 21.6 Å². The zero-order chi connectivity index (χ0) is 24.7. The number of nitriles is 1. The third kappa shape index (κ3) is 6.07. The highest BCUT2D eigenvalue weighted by atomic mass is 32.2. The SMILES string of the molecule is N#CCc1ccc(OCc2ccccc2NC(=O)C2CCN(S(=O)(=O)c3ccccc3)CC2)cc1. The van der Waals surface area contributed by atoms with Crippen LogP contribution in [-0.2, 0) is 27.8 Å². The van der Waals surface area contributed by atoms with Gasteiger partial charge in [-0.05, 0) is 48.7 Å². The fraction of sp³-hybridized carbons (Fsp3) is 0.259. The lowest BCUT2D eigenvalue weighted by atomic mass is 9.97. The van der Waals surface area contributed by atoms with Crippen molar-refractivity contribution in [2.75, 3.05) is 18.4 Å². The Morgan fingerprint density at radius 2 is 1.63 bits per heavy atom. The van der Waals surface area contributed by atoms with E-state index in [2.05, 4.69) is 11.4 Å². The minimum absolute atomic E-state index is 0.116. The van der Waals surface area contributed by atoms with Crippen molar-refractivity contribution in [2.24, 2.45) is 5.92 Å². The smallest absolute Gasteiger partial charge is 0.243 e. The molecule has 0 aromatic heterocycles. The fourth-order valence-electron chi connectivity index (χ4n) is 4.06. The number of hydrogen-bond donors (Lipinski definition) is 1. The number of benzene rings is 3. The van der Waals surface area contributed by atoms with Crippen molar-refractivity contribution in [3.8, 4) is 11.8 Å². The maximum absolute atomic E-state index is 13.0. The summed E-state index contributed by atoms with van der Waals surface area (Å²) in [5.41, 5.74) is 2.44. The number of anilines is 1. The summed E-state index contributed by atoms with van der Waals surface area (Å²) in [6, 6.07) is 25.3. The maximum Gasteiger partial charge on any atom is 0.243 e. The number of carbonyl (C=O) groups is 1. The molecular formula is C27H27N3O4S. The van der Waals surface area contributed by atoms with Gasteiger partial charge in [0.1, 0.15) is 12.4 Å². The highest BCUT2D eigenvalue weighted by Crippen LogP contribution is 2.26. The van der Waals surface area contributed by atoms with Crippen LogP contribution in [0.15, 0.2) is 83.8 Å². The molecule has 0 unspecified atom stereocenters. The van der Waals surface area contributed by atoms with Crippen LogP contribution in [0.5, 0.6) is 5.75 Å². The summed E-state index contributed by atoms with van der Waals surface area (Å²) in [5.74, 6) is 0.300. The van der Waals surface area contributed by atoms with Gasteiger partial charge in [0, 0.05) is 30.3 Å². The van der Waals surface area contributed by atoms with Crippen LogP contribution in [0, 0.1) is 17.2 Å². The first-order chi connectivity index (χ1) is 17.0. The number of amides is 1. The van der Waals surface area contributed by atoms with Crippen LogP contribution in [0.4, 0.5) is 5.69 Å². The number of hydrogen-bond acceptors (Lipinski definition) is 5. The zero-order valence-corrected chi connectivity index (χ0v) is 20.1. The second-order valence-corrected chi connectivity index (χ2v) is 10.3. The number of rotatable bonds is 8. The van der Waals surface area contributed by atoms with Crippen LogP contribution in [0.2, 0.25) is 0 Å². The number of ether oxygens (including phenoxy) is 1. The molecule has 1 aliphatic heterocycles. The molecule has 0 atom stereocenters. The van der Waals surface area contributed by atoms with Crippen molar-refractivity contribution in [1.29, 1.82) is 5.26 Å². The van der Waals surface area contributed by atoms with E-state index in [1.54, 1.807) is 30.3 Å². The molecule has 1 aliphatic rings. The highest BCUT2D eigenvalue weighted by Gasteiger charge is 2.32. The Morgan fingerprint density at radius 1 is 0.971 bits per heavy atom. The molecule has 1 saturated heterocycles. The van der Waals surface area contributed by atoms with Gasteiger partial charge in [-0.25, -0.2) is 8.42 Å². The first-order valence-corrected chi connectivity index (χ1v) is 12.9. The standard InChI is InChI=1S/C27H27N3O4S/c28-17-14-21-10-12-24(13-11-21)34-20-23-6-4-5-9-26(23)29-27(31)22-15-18-30(19-16-22)35(32,33)25-7-2-1-3-8-25/h1-13,22H,14-16,18-20H2,(H,29,31). The molecule has 7 nitrogen and oxygen atoms in total. The molecule has 3 aromatic carbocycles. The minimum Gasteiger partial charge on any atom is -0.489 e. The van der Waals surface area contributed by atoms with E-state index in [-0.39, 0.29) is 23.3 Å². The average Bonchev–Trinajstić information content (AvgIpc) is 2.90. The number of carbonyl (C=O) groups excluding carboxylic acids is 1. The van der Waals surface area contributed by atoms with Crippen LogP contribution >= 0.6 is 0 Å². The van der Waals surface area contributed by atoms with Gasteiger partial charge in [-0.2, -0.15) is 9.57 Å². The molecule has 1 heterocycles. The second-order valence-electron chi connectivity index (χ2n) is 8.41. The number of nitrogens with zero attached hydrogens (tertiary/aromatic N) is 2. The Balaban J connectivity index is 1.34. The van der Waals surface area contributed by atoms with Gasteiger partial charge in [0.25, 0.3) is 0 Å². The maximum atomic E-state index is 13.0. The van der Waals surface area contributed by atoms with Gasteiger partial charge in [0.2, 0.25) is 15.9 Å². The Morgan fingerprint density at radius 3 is 2.31 bits per heavy atom. The molecular weight excluding hydrogens is 462 g/mol. The normalized spacial score (nSPS) is 14.7. The van der Waals surface area contributed by atoms with E-state index < -0.39 is 10.0 Å². The number of nitrogens with one attached hydrogen (secondary N) is 1. The highest BCUT2D eigenvalue weighted by molar-refractivity contribution is 7.89. The molecule has 0 saturated carbocycles. The Kier molecular flexibility index (Phi) is 7.80. The van der Waals surface area contributed by atoms with Crippen LogP contribution in [0.25, 0.3) is 0 Å². The largest absolute Gasteiger partial charge is 0.489 e. The quantitative estimate of drug-likeness (QED) is 0.507. The van der Waals surface area contributed by atoms with E-state index in [9.17, 15) is 13.2 Å². The third-order valence-corrected chi connectivity index (χ3v) is 7.99. The Bertz CT molecular complexity index is 1290. The lowest BCUT2D eigenvalue weighted by Gasteiger charge is -2.30.